The van der Waals surface area contributed by atoms with E-state index in [9.17, 15) is 28.8 Å². The van der Waals surface area contributed by atoms with Gasteiger partial charge in [0.05, 0.1) is 37.9 Å². The Morgan fingerprint density at radius 1 is 0.808 bits per heavy atom. The molecule has 4 aromatic rings. The summed E-state index contributed by atoms with van der Waals surface area (Å²) in [7, 11) is 3.17. The quantitative estimate of drug-likeness (QED) is 0.0412. The van der Waals surface area contributed by atoms with Crippen molar-refractivity contribution in [2.75, 3.05) is 40.5 Å². The predicted molar refractivity (Wildman–Crippen MR) is 276 cm³/mol. The van der Waals surface area contributed by atoms with E-state index >= 15 is 0 Å². The number of amides is 5. The lowest BCUT2D eigenvalue weighted by atomic mass is 9.91. The molecule has 0 bridgehead atoms. The summed E-state index contributed by atoms with van der Waals surface area (Å²) < 4.78 is 29.4. The fourth-order valence-corrected chi connectivity index (χ4v) is 10.00. The van der Waals surface area contributed by atoms with E-state index in [1.165, 1.54) is 11.1 Å². The first-order chi connectivity index (χ1) is 35.2. The molecular weight excluding hydrogens is 929 g/mol. The normalized spacial score (nSPS) is 17.3. The molecule has 3 aliphatic rings. The third kappa shape index (κ3) is 12.9. The molecule has 0 aromatic heterocycles. The zero-order valence-corrected chi connectivity index (χ0v) is 43.1. The van der Waals surface area contributed by atoms with Gasteiger partial charge in [-0.2, -0.15) is 0 Å². The van der Waals surface area contributed by atoms with Crippen LogP contribution in [0.4, 0.5) is 0 Å². The number of ether oxygens (including phenoxy) is 5. The van der Waals surface area contributed by atoms with Gasteiger partial charge in [0, 0.05) is 18.8 Å². The Bertz CT molecular complexity index is 2680. The zero-order valence-electron chi connectivity index (χ0n) is 43.1. The summed E-state index contributed by atoms with van der Waals surface area (Å²) in [4.78, 5) is 83.4. The summed E-state index contributed by atoms with van der Waals surface area (Å²) in [6.07, 6.45) is 7.10. The molecule has 3 aliphatic heterocycles. The summed E-state index contributed by atoms with van der Waals surface area (Å²) in [6.45, 7) is 12.9. The van der Waals surface area contributed by atoms with Crippen LogP contribution in [0.25, 0.3) is 0 Å². The van der Waals surface area contributed by atoms with Gasteiger partial charge in [-0.1, -0.05) is 68.8 Å². The molecule has 1 unspecified atom stereocenters. The SMILES string of the molecule is C=C1CCC(N2C(=O)c3cccc(OCCCCCCNC(=O)COc4ccc([C@@H](CCc5ccc(C)c(C)c5)OC(=O)[C@@H]5CCCCN5C(=O)[C@@H](CC)c5cc(C)c(OC)c(OC)c5)cc4)c3C2=O)C(=O)N1. The van der Waals surface area contributed by atoms with Crippen molar-refractivity contribution in [1.82, 2.24) is 20.4 Å². The van der Waals surface area contributed by atoms with Gasteiger partial charge in [-0.25, -0.2) is 4.79 Å². The number of benzene rings is 4. The smallest absolute Gasteiger partial charge is 0.329 e. The van der Waals surface area contributed by atoms with E-state index in [2.05, 4.69) is 49.3 Å². The van der Waals surface area contributed by atoms with Crippen LogP contribution < -0.4 is 29.6 Å². The number of allylic oxidation sites excluding steroid dienone is 1. The van der Waals surface area contributed by atoms with Gasteiger partial charge in [0.2, 0.25) is 11.8 Å². The second-order valence-corrected chi connectivity index (χ2v) is 19.2. The van der Waals surface area contributed by atoms with E-state index in [-0.39, 0.29) is 29.5 Å². The maximum Gasteiger partial charge on any atom is 0.329 e. The van der Waals surface area contributed by atoms with E-state index in [1.54, 1.807) is 49.5 Å². The second kappa shape index (κ2) is 25.0. The molecule has 0 spiro atoms. The highest BCUT2D eigenvalue weighted by atomic mass is 16.5. The van der Waals surface area contributed by atoms with Crippen LogP contribution in [0.2, 0.25) is 0 Å². The number of carbonyl (C=O) groups excluding carboxylic acids is 6. The molecular formula is C58H70N4O11. The molecule has 7 rings (SSSR count). The molecule has 15 nitrogen and oxygen atoms in total. The highest BCUT2D eigenvalue weighted by Crippen LogP contribution is 2.38. The lowest BCUT2D eigenvalue weighted by Gasteiger charge is -2.37. The zero-order chi connectivity index (χ0) is 52.2. The van der Waals surface area contributed by atoms with Crippen molar-refractivity contribution in [3.8, 4) is 23.0 Å². The van der Waals surface area contributed by atoms with Crippen molar-refractivity contribution in [2.24, 2.45) is 0 Å². The average Bonchev–Trinajstić information content (AvgIpc) is 3.64. The standard InChI is InChI=1S/C58H70N4O11/c1-8-44(42-33-38(4)53(70-7)50(34-42)69-6)55(65)61-30-13-11-17-47(61)58(68)73-48(28-22-40-21-19-36(2)37(3)32-40)41-23-25-43(26-24-41)72-35-51(63)59-29-12-9-10-14-31-71-49-18-15-16-45-52(49)57(67)62(56(45)66)46-27-20-39(5)60-54(46)64/h15-16,18-19,21,23-26,32-34,44,46-48H,5,8-14,17,20,22,27-31,35H2,1-4,6-7H3,(H,59,63)(H,60,64)/t44-,46?,47-,48+/m0/s1. The molecule has 0 radical (unpaired) electrons. The number of carbonyl (C=O) groups is 6. The topological polar surface area (TPSA) is 179 Å². The van der Waals surface area contributed by atoms with Crippen LogP contribution in [0, 0.1) is 20.8 Å². The van der Waals surface area contributed by atoms with E-state index in [0.29, 0.717) is 93.3 Å². The van der Waals surface area contributed by atoms with Crippen LogP contribution in [0.3, 0.4) is 0 Å². The Morgan fingerprint density at radius 2 is 1.59 bits per heavy atom. The van der Waals surface area contributed by atoms with E-state index in [0.717, 1.165) is 59.3 Å². The Morgan fingerprint density at radius 3 is 2.32 bits per heavy atom. The number of rotatable bonds is 23. The summed E-state index contributed by atoms with van der Waals surface area (Å²) >= 11 is 0. The Labute approximate surface area is 428 Å². The number of methoxy groups -OCH3 is 2. The summed E-state index contributed by atoms with van der Waals surface area (Å²) in [5.41, 5.74) is 6.94. The number of nitrogens with one attached hydrogen (secondary N) is 2. The van der Waals surface area contributed by atoms with Crippen LogP contribution in [0.5, 0.6) is 23.0 Å². The Hall–Kier alpha value is -7.16. The number of esters is 1. The third-order valence-electron chi connectivity index (χ3n) is 14.2. The van der Waals surface area contributed by atoms with E-state index < -0.39 is 47.8 Å². The third-order valence-corrected chi connectivity index (χ3v) is 14.2. The van der Waals surface area contributed by atoms with Crippen molar-refractivity contribution in [3.05, 3.63) is 130 Å². The van der Waals surface area contributed by atoms with Crippen molar-refractivity contribution in [1.29, 1.82) is 0 Å². The maximum atomic E-state index is 14.4. The van der Waals surface area contributed by atoms with Crippen LogP contribution in [0.15, 0.2) is 85.1 Å². The summed E-state index contributed by atoms with van der Waals surface area (Å²) in [5.74, 6) is -0.756. The fourth-order valence-electron chi connectivity index (χ4n) is 10.00. The number of piperidine rings is 2. The van der Waals surface area contributed by atoms with E-state index in [4.69, 9.17) is 23.7 Å². The summed E-state index contributed by atoms with van der Waals surface area (Å²) in [5, 5.41) is 5.56. The van der Waals surface area contributed by atoms with Crippen molar-refractivity contribution >= 4 is 35.5 Å². The molecule has 2 fully saturated rings. The second-order valence-electron chi connectivity index (χ2n) is 19.2. The number of nitrogens with zero attached hydrogens (tertiary/aromatic N) is 2. The molecule has 3 heterocycles. The van der Waals surface area contributed by atoms with Gasteiger partial charge in [-0.05, 0) is 149 Å². The first-order valence-electron chi connectivity index (χ1n) is 25.6. The highest BCUT2D eigenvalue weighted by molar-refractivity contribution is 6.24. The van der Waals surface area contributed by atoms with Gasteiger partial charge in [-0.15, -0.1) is 0 Å². The molecule has 4 aromatic carbocycles. The van der Waals surface area contributed by atoms with Crippen molar-refractivity contribution < 1.29 is 52.5 Å². The number of unbranched alkanes of at least 4 members (excludes halogenated alkanes) is 3. The van der Waals surface area contributed by atoms with Gasteiger partial charge in [0.25, 0.3) is 17.7 Å². The lowest BCUT2D eigenvalue weighted by molar-refractivity contribution is -0.162. The van der Waals surface area contributed by atoms with Gasteiger partial charge >= 0.3 is 5.97 Å². The van der Waals surface area contributed by atoms with Crippen LogP contribution in [0.1, 0.15) is 144 Å². The van der Waals surface area contributed by atoms with Crippen molar-refractivity contribution in [3.63, 3.8) is 0 Å². The Kier molecular flexibility index (Phi) is 18.4. The summed E-state index contributed by atoms with van der Waals surface area (Å²) in [6, 6.07) is 20.7. The maximum absolute atomic E-state index is 14.4. The molecule has 4 atom stereocenters. The number of fused-ring (bicyclic) bond motifs is 1. The van der Waals surface area contributed by atoms with Gasteiger partial charge in [-0.3, -0.25) is 28.9 Å². The number of aryl methyl sites for hydroxylation is 4. The molecule has 0 saturated carbocycles. The van der Waals surface area contributed by atoms with Gasteiger partial charge in [0.1, 0.15) is 29.7 Å². The Balaban J connectivity index is 0.887. The fraction of sp³-hybridized carbons (Fsp3) is 0.448. The molecule has 73 heavy (non-hydrogen) atoms. The minimum absolute atomic E-state index is 0.114. The van der Waals surface area contributed by atoms with Crippen LogP contribution >= 0.6 is 0 Å². The first kappa shape index (κ1) is 53.6. The first-order valence-corrected chi connectivity index (χ1v) is 25.6. The lowest BCUT2D eigenvalue weighted by Crippen LogP contribution is -2.51. The van der Waals surface area contributed by atoms with Crippen molar-refractivity contribution in [2.45, 2.75) is 129 Å². The monoisotopic (exact) mass is 999 g/mol. The average molecular weight is 999 g/mol. The molecule has 5 amide bonds. The molecule has 0 aliphatic carbocycles. The van der Waals surface area contributed by atoms with Crippen LogP contribution in [-0.2, 0) is 30.3 Å². The van der Waals surface area contributed by atoms with Gasteiger partial charge < -0.3 is 39.2 Å². The largest absolute Gasteiger partial charge is 0.493 e. The molecule has 15 heteroatoms. The minimum atomic E-state index is -0.893. The number of hydrogen-bond donors (Lipinski definition) is 2. The van der Waals surface area contributed by atoms with Crippen LogP contribution in [-0.4, -0.2) is 97.9 Å². The number of likely N-dealkylation sites (tertiary alicyclic amines) is 1. The van der Waals surface area contributed by atoms with E-state index in [1.807, 2.05) is 38.1 Å². The minimum Gasteiger partial charge on any atom is -0.493 e. The highest BCUT2D eigenvalue weighted by Gasteiger charge is 2.45. The molecule has 388 valence electrons. The number of hydrogen-bond acceptors (Lipinski definition) is 11. The molecule has 2 saturated heterocycles. The number of imide groups is 1. The molecule has 2 N–H and O–H groups in total. The predicted octanol–water partition coefficient (Wildman–Crippen LogP) is 8.94. The van der Waals surface area contributed by atoms with Gasteiger partial charge in [0.15, 0.2) is 18.1 Å².